The normalized spacial score (nSPS) is 14.9. The number of amides is 2. The maximum absolute atomic E-state index is 13.6. The summed E-state index contributed by atoms with van der Waals surface area (Å²) in [7, 11) is 0.0379. The Morgan fingerprint density at radius 3 is 2.58 bits per heavy atom. The maximum atomic E-state index is 13.6. The summed E-state index contributed by atoms with van der Waals surface area (Å²) in [6.07, 6.45) is 0.688. The van der Waals surface area contributed by atoms with E-state index in [0.29, 0.717) is 51.2 Å². The van der Waals surface area contributed by atoms with E-state index in [9.17, 15) is 13.8 Å². The topological polar surface area (TPSA) is 75.7 Å². The molecule has 0 spiro atoms. The summed E-state index contributed by atoms with van der Waals surface area (Å²) in [5, 5.41) is 3.45. The molecule has 1 aliphatic rings. The second-order valence-corrected chi connectivity index (χ2v) is 9.42. The van der Waals surface area contributed by atoms with Gasteiger partial charge in [-0.2, -0.15) is 0 Å². The molecular formula is C25H23ClN2O4S. The number of nitrogens with zero attached hydrogens (tertiary/aromatic N) is 1. The van der Waals surface area contributed by atoms with Crippen LogP contribution < -0.4 is 10.2 Å². The Kier molecular flexibility index (Phi) is 7.23. The first kappa shape index (κ1) is 23.2. The molecule has 1 aliphatic heterocycles. The minimum atomic E-state index is -1.57. The Balaban J connectivity index is 1.75. The molecule has 0 bridgehead atoms. The fourth-order valence-corrected chi connectivity index (χ4v) is 5.13. The smallest absolute Gasteiger partial charge is 0.259 e. The van der Waals surface area contributed by atoms with Crippen molar-refractivity contribution in [2.45, 2.75) is 22.8 Å². The van der Waals surface area contributed by atoms with Crippen LogP contribution in [-0.2, 0) is 22.1 Å². The Bertz CT molecular complexity index is 1210. The van der Waals surface area contributed by atoms with Crippen LogP contribution in [0.3, 0.4) is 0 Å². The Morgan fingerprint density at radius 2 is 1.82 bits per heavy atom. The van der Waals surface area contributed by atoms with E-state index in [4.69, 9.17) is 16.3 Å². The van der Waals surface area contributed by atoms with Crippen LogP contribution in [0.4, 0.5) is 5.69 Å². The van der Waals surface area contributed by atoms with Gasteiger partial charge in [-0.3, -0.25) is 9.59 Å². The van der Waals surface area contributed by atoms with E-state index in [1.165, 1.54) is 0 Å². The number of carbonyl (C=O) groups excluding carboxylic acids is 2. The third-order valence-corrected chi connectivity index (χ3v) is 7.09. The molecule has 0 fully saturated rings. The molecule has 170 valence electrons. The number of hydrogen-bond acceptors (Lipinski definition) is 4. The maximum Gasteiger partial charge on any atom is 0.259 e. The minimum absolute atomic E-state index is 0.243. The number of rotatable bonds is 7. The molecule has 0 saturated carbocycles. The van der Waals surface area contributed by atoms with Gasteiger partial charge in [-0.25, -0.2) is 4.21 Å². The number of fused-ring (bicyclic) bond motifs is 2. The summed E-state index contributed by atoms with van der Waals surface area (Å²) < 4.78 is 18.5. The van der Waals surface area contributed by atoms with Gasteiger partial charge in [0.2, 0.25) is 0 Å². The summed E-state index contributed by atoms with van der Waals surface area (Å²) >= 11 is 6.02. The number of nitrogens with one attached hydrogen (secondary N) is 1. The largest absolute Gasteiger partial charge is 0.385 e. The van der Waals surface area contributed by atoms with Gasteiger partial charge in [0.05, 0.1) is 38.4 Å². The van der Waals surface area contributed by atoms with Gasteiger partial charge < -0.3 is 15.0 Å². The number of hydrogen-bond donors (Lipinski definition) is 1. The van der Waals surface area contributed by atoms with Gasteiger partial charge in [-0.1, -0.05) is 35.9 Å². The Hall–Kier alpha value is -3.00. The lowest BCUT2D eigenvalue weighted by Crippen LogP contribution is -2.31. The average molecular weight is 483 g/mol. The fourth-order valence-electron chi connectivity index (χ4n) is 3.65. The van der Waals surface area contributed by atoms with Crippen molar-refractivity contribution in [1.29, 1.82) is 0 Å². The Labute approximate surface area is 200 Å². The highest BCUT2D eigenvalue weighted by Gasteiger charge is 2.31. The molecule has 1 N–H and O–H groups in total. The molecule has 1 atom stereocenters. The highest BCUT2D eigenvalue weighted by Crippen LogP contribution is 2.36. The zero-order valence-corrected chi connectivity index (χ0v) is 19.6. The van der Waals surface area contributed by atoms with Crippen molar-refractivity contribution in [3.8, 4) is 0 Å². The van der Waals surface area contributed by atoms with Gasteiger partial charge >= 0.3 is 0 Å². The van der Waals surface area contributed by atoms with Crippen LogP contribution >= 0.6 is 11.6 Å². The molecule has 2 amide bonds. The number of anilines is 1. The van der Waals surface area contributed by atoms with E-state index >= 15 is 0 Å². The van der Waals surface area contributed by atoms with Gasteiger partial charge in [0.25, 0.3) is 11.8 Å². The van der Waals surface area contributed by atoms with Gasteiger partial charge in [0.1, 0.15) is 0 Å². The lowest BCUT2D eigenvalue weighted by Gasteiger charge is -2.23. The first-order chi connectivity index (χ1) is 16.0. The molecule has 0 radical (unpaired) electrons. The van der Waals surface area contributed by atoms with Crippen LogP contribution in [0.5, 0.6) is 0 Å². The molecule has 0 saturated heterocycles. The molecule has 4 rings (SSSR count). The monoisotopic (exact) mass is 482 g/mol. The van der Waals surface area contributed by atoms with Crippen molar-refractivity contribution < 1.29 is 18.5 Å². The standard InChI is InChI=1S/C25H23ClN2O4S/c1-32-14-4-13-27-24(29)18-9-12-23-21(15-18)28(16-17-7-10-19(26)11-8-17)25(30)20-5-2-3-6-22(20)33(23)31/h2-3,5-12,15H,4,13-14,16H2,1H3,(H,27,29). The number of halogens is 1. The summed E-state index contributed by atoms with van der Waals surface area (Å²) in [6, 6.07) is 19.1. The molecule has 8 heteroatoms. The molecular weight excluding hydrogens is 460 g/mol. The van der Waals surface area contributed by atoms with Crippen molar-refractivity contribution in [2.24, 2.45) is 0 Å². The number of methoxy groups -OCH3 is 1. The summed E-state index contributed by atoms with van der Waals surface area (Å²) in [5.74, 6) is -0.536. The molecule has 1 unspecified atom stereocenters. The van der Waals surface area contributed by atoms with Crippen molar-refractivity contribution in [3.63, 3.8) is 0 Å². The SMILES string of the molecule is COCCCNC(=O)c1ccc2c(c1)N(Cc1ccc(Cl)cc1)C(=O)c1ccccc1S2=O. The van der Waals surface area contributed by atoms with E-state index in [2.05, 4.69) is 5.32 Å². The van der Waals surface area contributed by atoms with Crippen molar-refractivity contribution in [2.75, 3.05) is 25.2 Å². The highest BCUT2D eigenvalue weighted by atomic mass is 35.5. The van der Waals surface area contributed by atoms with Crippen molar-refractivity contribution >= 4 is 39.9 Å². The van der Waals surface area contributed by atoms with Gasteiger partial charge in [0, 0.05) is 30.8 Å². The van der Waals surface area contributed by atoms with Gasteiger partial charge in [-0.15, -0.1) is 0 Å². The number of ether oxygens (including phenoxy) is 1. The van der Waals surface area contributed by atoms with Gasteiger partial charge in [-0.05, 0) is 54.4 Å². The first-order valence-electron chi connectivity index (χ1n) is 10.5. The van der Waals surface area contributed by atoms with E-state index in [-0.39, 0.29) is 18.4 Å². The second kappa shape index (κ2) is 10.3. The average Bonchev–Trinajstić information content (AvgIpc) is 2.92. The summed E-state index contributed by atoms with van der Waals surface area (Å²) in [5.41, 5.74) is 2.09. The lowest BCUT2D eigenvalue weighted by atomic mass is 10.1. The van der Waals surface area contributed by atoms with E-state index in [1.54, 1.807) is 66.6 Å². The third-order valence-electron chi connectivity index (χ3n) is 5.34. The van der Waals surface area contributed by atoms with E-state index < -0.39 is 10.8 Å². The molecule has 6 nitrogen and oxygen atoms in total. The van der Waals surface area contributed by atoms with Crippen LogP contribution in [0.25, 0.3) is 0 Å². The lowest BCUT2D eigenvalue weighted by molar-refractivity contribution is 0.0945. The fraction of sp³-hybridized carbons (Fsp3) is 0.200. The molecule has 0 aromatic heterocycles. The molecule has 33 heavy (non-hydrogen) atoms. The minimum Gasteiger partial charge on any atom is -0.385 e. The van der Waals surface area contributed by atoms with E-state index in [0.717, 1.165) is 5.56 Å². The molecule has 3 aromatic rings. The number of benzene rings is 3. The summed E-state index contributed by atoms with van der Waals surface area (Å²) in [6.45, 7) is 1.26. The summed E-state index contributed by atoms with van der Waals surface area (Å²) in [4.78, 5) is 28.8. The predicted octanol–water partition coefficient (Wildman–Crippen LogP) is 4.43. The quantitative estimate of drug-likeness (QED) is 0.505. The first-order valence-corrected chi connectivity index (χ1v) is 12.0. The molecule has 0 aliphatic carbocycles. The van der Waals surface area contributed by atoms with Crippen LogP contribution in [0.2, 0.25) is 5.02 Å². The van der Waals surface area contributed by atoms with Crippen LogP contribution in [-0.4, -0.2) is 36.3 Å². The Morgan fingerprint density at radius 1 is 1.06 bits per heavy atom. The third kappa shape index (κ3) is 5.00. The predicted molar refractivity (Wildman–Crippen MR) is 128 cm³/mol. The van der Waals surface area contributed by atoms with Crippen molar-refractivity contribution in [3.05, 3.63) is 88.4 Å². The zero-order chi connectivity index (χ0) is 23.4. The highest BCUT2D eigenvalue weighted by molar-refractivity contribution is 7.85. The van der Waals surface area contributed by atoms with Crippen molar-refractivity contribution in [1.82, 2.24) is 5.32 Å². The van der Waals surface area contributed by atoms with Gasteiger partial charge in [0.15, 0.2) is 0 Å². The van der Waals surface area contributed by atoms with Crippen LogP contribution in [0.1, 0.15) is 32.7 Å². The van der Waals surface area contributed by atoms with Crippen LogP contribution in [0, 0.1) is 0 Å². The zero-order valence-electron chi connectivity index (χ0n) is 18.0. The number of carbonyl (C=O) groups is 2. The van der Waals surface area contributed by atoms with Crippen LogP contribution in [0.15, 0.2) is 76.5 Å². The van der Waals surface area contributed by atoms with E-state index in [1.807, 2.05) is 12.1 Å². The molecule has 3 aromatic carbocycles. The molecule has 1 heterocycles. The second-order valence-electron chi connectivity index (χ2n) is 7.57.